The molecule has 0 bridgehead atoms. The van der Waals surface area contributed by atoms with Gasteiger partial charge in [0, 0.05) is 0 Å². The van der Waals surface area contributed by atoms with Crippen LogP contribution in [0.3, 0.4) is 0 Å². The molecule has 0 radical (unpaired) electrons. The molecule has 0 aliphatic carbocycles. The van der Waals surface area contributed by atoms with E-state index >= 15 is 0 Å². The van der Waals surface area contributed by atoms with Crippen molar-refractivity contribution in [3.05, 3.63) is 24.7 Å². The van der Waals surface area contributed by atoms with Gasteiger partial charge in [-0.2, -0.15) is 0 Å². The molecule has 0 aliphatic heterocycles. The van der Waals surface area contributed by atoms with Crippen LogP contribution in [-0.2, 0) is 0 Å². The summed E-state index contributed by atoms with van der Waals surface area (Å²) in [5.41, 5.74) is 0. The minimum atomic E-state index is -1.78. The van der Waals surface area contributed by atoms with Crippen LogP contribution in [0.15, 0.2) is 29.1 Å². The summed E-state index contributed by atoms with van der Waals surface area (Å²) in [6.45, 7) is 13.7. The second kappa shape index (κ2) is 4.58. The lowest BCUT2D eigenvalue weighted by atomic mass is 9.99. The van der Waals surface area contributed by atoms with E-state index in [2.05, 4.69) is 40.8 Å². The van der Waals surface area contributed by atoms with Crippen molar-refractivity contribution in [1.82, 2.24) is 0 Å². The summed E-state index contributed by atoms with van der Waals surface area (Å²) in [6, 6.07) is 3.76. The van der Waals surface area contributed by atoms with Crippen LogP contribution < -0.4 is 4.43 Å². The maximum absolute atomic E-state index is 6.21. The van der Waals surface area contributed by atoms with E-state index in [1.165, 1.54) is 0 Å². The minimum Gasteiger partial charge on any atom is -0.543 e. The van der Waals surface area contributed by atoms with Crippen LogP contribution in [0.2, 0.25) is 18.1 Å². The molecule has 0 N–H and O–H groups in total. The number of rotatable bonds is 4. The molecule has 1 aromatic rings. The lowest BCUT2D eigenvalue weighted by Gasteiger charge is -2.42. The summed E-state index contributed by atoms with van der Waals surface area (Å²) in [7, 11) is -1.78. The molecule has 90 valence electrons. The largest absolute Gasteiger partial charge is 0.543 e. The van der Waals surface area contributed by atoms with E-state index in [9.17, 15) is 0 Å². The molecule has 3 heteroatoms. The van der Waals surface area contributed by atoms with Crippen LogP contribution in [0.1, 0.15) is 27.7 Å². The average molecular weight is 239 g/mol. The van der Waals surface area contributed by atoms with Gasteiger partial charge in [0.2, 0.25) is 0 Å². The van der Waals surface area contributed by atoms with Gasteiger partial charge in [0.25, 0.3) is 8.32 Å². The highest BCUT2D eigenvalue weighted by Gasteiger charge is 2.44. The van der Waals surface area contributed by atoms with Gasteiger partial charge >= 0.3 is 12.5 Å². The standard InChI is InChI=1S/C13H23O2Si/c1-11(2)13(3,4)16(5,6)15-12-7-9-14-10-8-12/h7-11H,1-6H3/q+1. The minimum absolute atomic E-state index is 0.236. The maximum atomic E-state index is 6.21. The van der Waals surface area contributed by atoms with Crippen molar-refractivity contribution in [1.29, 1.82) is 0 Å². The molecule has 0 saturated heterocycles. The molecule has 1 aromatic heterocycles. The maximum Gasteiger partial charge on any atom is 0.321 e. The van der Waals surface area contributed by atoms with E-state index in [4.69, 9.17) is 8.84 Å². The summed E-state index contributed by atoms with van der Waals surface area (Å²) in [6.07, 6.45) is 3.31. The van der Waals surface area contributed by atoms with Crippen LogP contribution in [0, 0.1) is 5.92 Å². The van der Waals surface area contributed by atoms with E-state index in [0.29, 0.717) is 5.92 Å². The van der Waals surface area contributed by atoms with Gasteiger partial charge in [-0.15, -0.1) is 0 Å². The van der Waals surface area contributed by atoms with Gasteiger partial charge in [-0.3, -0.25) is 0 Å². The van der Waals surface area contributed by atoms with E-state index in [0.717, 1.165) is 5.75 Å². The van der Waals surface area contributed by atoms with Crippen molar-refractivity contribution >= 4 is 8.32 Å². The molecule has 1 rings (SSSR count). The fourth-order valence-electron chi connectivity index (χ4n) is 1.50. The van der Waals surface area contributed by atoms with Gasteiger partial charge in [0.05, 0.1) is 12.1 Å². The fourth-order valence-corrected chi connectivity index (χ4v) is 3.88. The van der Waals surface area contributed by atoms with E-state index < -0.39 is 8.32 Å². The molecule has 0 spiro atoms. The van der Waals surface area contributed by atoms with Crippen LogP contribution in [0.5, 0.6) is 5.75 Å². The Bertz CT molecular complexity index is 331. The zero-order chi connectivity index (χ0) is 12.4. The van der Waals surface area contributed by atoms with Crippen molar-refractivity contribution in [3.63, 3.8) is 0 Å². The molecule has 16 heavy (non-hydrogen) atoms. The third-order valence-electron chi connectivity index (χ3n) is 3.99. The van der Waals surface area contributed by atoms with Crippen molar-refractivity contribution in [2.75, 3.05) is 0 Å². The third-order valence-corrected chi connectivity index (χ3v) is 8.42. The Kier molecular flexibility index (Phi) is 3.78. The Morgan fingerprint density at radius 1 is 1.19 bits per heavy atom. The van der Waals surface area contributed by atoms with Gasteiger partial charge < -0.3 is 4.43 Å². The SMILES string of the molecule is CC(C)C(C)(C)[Si](C)(C)Oc1cc[o+]cc1. The Morgan fingerprint density at radius 2 is 1.69 bits per heavy atom. The van der Waals surface area contributed by atoms with Gasteiger partial charge in [-0.1, -0.05) is 27.7 Å². The quantitative estimate of drug-likeness (QED) is 0.566. The highest BCUT2D eigenvalue weighted by Crippen LogP contribution is 2.44. The molecule has 0 saturated carbocycles. The molecule has 0 unspecified atom stereocenters. The van der Waals surface area contributed by atoms with Crippen LogP contribution in [0.4, 0.5) is 0 Å². The molecule has 0 amide bonds. The van der Waals surface area contributed by atoms with Gasteiger partial charge in [0.1, 0.15) is 5.75 Å². The number of hydrogen-bond acceptors (Lipinski definition) is 1. The third kappa shape index (κ3) is 2.64. The first kappa shape index (κ1) is 13.2. The first-order chi connectivity index (χ1) is 7.27. The lowest BCUT2D eigenvalue weighted by Crippen LogP contribution is -2.47. The van der Waals surface area contributed by atoms with Gasteiger partial charge in [-0.25, -0.2) is 4.42 Å². The van der Waals surface area contributed by atoms with Crippen LogP contribution in [0.25, 0.3) is 0 Å². The summed E-state index contributed by atoms with van der Waals surface area (Å²) in [5.74, 6) is 1.53. The second-order valence-electron chi connectivity index (χ2n) is 5.63. The van der Waals surface area contributed by atoms with E-state index in [-0.39, 0.29) is 5.04 Å². The molecule has 0 fully saturated rings. The Balaban J connectivity index is 2.87. The first-order valence-electron chi connectivity index (χ1n) is 5.82. The zero-order valence-electron chi connectivity index (χ0n) is 11.2. The van der Waals surface area contributed by atoms with Crippen molar-refractivity contribution in [2.24, 2.45) is 5.92 Å². The predicted molar refractivity (Wildman–Crippen MR) is 70.1 cm³/mol. The smallest absolute Gasteiger partial charge is 0.321 e. The number of hydrogen-bond donors (Lipinski definition) is 0. The Labute approximate surface area is 99.8 Å². The summed E-state index contributed by atoms with van der Waals surface area (Å²) in [4.78, 5) is 0. The second-order valence-corrected chi connectivity index (χ2v) is 10.1. The molecule has 2 nitrogen and oxygen atoms in total. The molecular formula is C13H23O2Si+. The highest BCUT2D eigenvalue weighted by atomic mass is 28.4. The van der Waals surface area contributed by atoms with Crippen LogP contribution >= 0.6 is 0 Å². The lowest BCUT2D eigenvalue weighted by molar-refractivity contribution is 0.391. The van der Waals surface area contributed by atoms with Gasteiger partial charge in [-0.05, 0) is 24.1 Å². The topological polar surface area (TPSA) is 20.5 Å². The Morgan fingerprint density at radius 3 is 2.12 bits per heavy atom. The normalized spacial score (nSPS) is 12.9. The predicted octanol–water partition coefficient (Wildman–Crippen LogP) is 4.58. The van der Waals surface area contributed by atoms with Crippen molar-refractivity contribution in [3.8, 4) is 5.75 Å². The molecule has 0 aliphatic rings. The monoisotopic (exact) mass is 239 g/mol. The zero-order valence-corrected chi connectivity index (χ0v) is 12.2. The van der Waals surface area contributed by atoms with E-state index in [1.807, 2.05) is 12.1 Å². The molecular weight excluding hydrogens is 216 g/mol. The highest BCUT2D eigenvalue weighted by molar-refractivity contribution is 6.74. The van der Waals surface area contributed by atoms with Gasteiger partial charge in [0.15, 0.2) is 0 Å². The Hall–Kier alpha value is -0.833. The van der Waals surface area contributed by atoms with Crippen LogP contribution in [-0.4, -0.2) is 8.32 Å². The molecule has 0 aromatic carbocycles. The summed E-state index contributed by atoms with van der Waals surface area (Å²) < 4.78 is 11.2. The first-order valence-corrected chi connectivity index (χ1v) is 8.73. The molecule has 1 heterocycles. The fraction of sp³-hybridized carbons (Fsp3) is 0.615. The summed E-state index contributed by atoms with van der Waals surface area (Å²) in [5, 5.41) is 0.236. The van der Waals surface area contributed by atoms with Crippen molar-refractivity contribution in [2.45, 2.75) is 45.8 Å². The average Bonchev–Trinajstić information content (AvgIpc) is 2.18. The molecule has 0 atom stereocenters. The van der Waals surface area contributed by atoms with E-state index in [1.54, 1.807) is 12.5 Å². The summed E-state index contributed by atoms with van der Waals surface area (Å²) >= 11 is 0. The van der Waals surface area contributed by atoms with Crippen molar-refractivity contribution < 1.29 is 8.84 Å².